The van der Waals surface area contributed by atoms with Crippen LogP contribution in [0.1, 0.15) is 18.6 Å². The number of carbonyl (C=O) groups excluding carboxylic acids is 1. The molecule has 0 radical (unpaired) electrons. The Morgan fingerprint density at radius 3 is 2.47 bits per heavy atom. The number of benzene rings is 1. The van der Waals surface area contributed by atoms with E-state index >= 15 is 0 Å². The van der Waals surface area contributed by atoms with Crippen molar-refractivity contribution in [2.45, 2.75) is 19.1 Å². The van der Waals surface area contributed by atoms with Crippen LogP contribution in [0.4, 0.5) is 8.78 Å². The lowest BCUT2D eigenvalue weighted by atomic mass is 10.0. The van der Waals surface area contributed by atoms with Crippen LogP contribution < -0.4 is 10.1 Å². The Kier molecular flexibility index (Phi) is 5.20. The van der Waals surface area contributed by atoms with E-state index in [0.29, 0.717) is 0 Å². The quantitative estimate of drug-likeness (QED) is 0.731. The number of carbonyl (C=O) groups is 1. The van der Waals surface area contributed by atoms with Crippen molar-refractivity contribution in [1.29, 1.82) is 0 Å². The molecule has 2 unspecified atom stereocenters. The van der Waals surface area contributed by atoms with Crippen molar-refractivity contribution >= 4 is 5.91 Å². The predicted molar refractivity (Wildman–Crippen MR) is 62.6 cm³/mol. The fraction of sp³-hybridized carbons (Fsp3) is 0.417. The number of aliphatic hydroxyl groups excluding tert-OH is 2. The van der Waals surface area contributed by atoms with Crippen molar-refractivity contribution in [3.63, 3.8) is 0 Å². The van der Waals surface area contributed by atoms with Crippen molar-refractivity contribution in [1.82, 2.24) is 5.32 Å². The van der Waals surface area contributed by atoms with Crippen LogP contribution in [0.25, 0.3) is 0 Å². The average molecular weight is 275 g/mol. The van der Waals surface area contributed by atoms with Gasteiger partial charge in [-0.05, 0) is 6.07 Å². The molecule has 106 valence electrons. The Bertz CT molecular complexity index is 467. The number of aliphatic hydroxyl groups is 2. The summed E-state index contributed by atoms with van der Waals surface area (Å²) < 4.78 is 31.0. The molecule has 3 N–H and O–H groups in total. The third kappa shape index (κ3) is 3.87. The van der Waals surface area contributed by atoms with E-state index in [9.17, 15) is 23.8 Å². The Hall–Kier alpha value is -1.73. The van der Waals surface area contributed by atoms with Gasteiger partial charge in [0, 0.05) is 25.1 Å². The lowest BCUT2D eigenvalue weighted by molar-refractivity contribution is -0.119. The van der Waals surface area contributed by atoms with Gasteiger partial charge in [-0.3, -0.25) is 4.79 Å². The highest BCUT2D eigenvalue weighted by molar-refractivity contribution is 5.72. The Morgan fingerprint density at radius 1 is 1.37 bits per heavy atom. The monoisotopic (exact) mass is 275 g/mol. The lowest BCUT2D eigenvalue weighted by Gasteiger charge is -2.20. The number of hydrogen-bond donors (Lipinski definition) is 3. The van der Waals surface area contributed by atoms with E-state index in [0.717, 1.165) is 12.1 Å². The van der Waals surface area contributed by atoms with Gasteiger partial charge >= 0.3 is 0 Å². The van der Waals surface area contributed by atoms with Crippen LogP contribution in [0.2, 0.25) is 0 Å². The summed E-state index contributed by atoms with van der Waals surface area (Å²) in [5.41, 5.74) is -0.0979. The Balaban J connectivity index is 2.94. The van der Waals surface area contributed by atoms with Crippen LogP contribution in [-0.4, -0.2) is 35.9 Å². The van der Waals surface area contributed by atoms with E-state index in [1.165, 1.54) is 14.0 Å². The predicted octanol–water partition coefficient (Wildman–Crippen LogP) is 0.504. The third-order valence-corrected chi connectivity index (χ3v) is 2.52. The largest absolute Gasteiger partial charge is 0.496 e. The lowest BCUT2D eigenvalue weighted by Crippen LogP contribution is -2.34. The smallest absolute Gasteiger partial charge is 0.216 e. The zero-order valence-corrected chi connectivity index (χ0v) is 10.5. The molecular formula is C12H15F2NO4. The molecule has 1 aromatic rings. The molecule has 0 fully saturated rings. The number of hydrogen-bond acceptors (Lipinski definition) is 4. The third-order valence-electron chi connectivity index (χ3n) is 2.52. The highest BCUT2D eigenvalue weighted by Crippen LogP contribution is 2.29. The number of methoxy groups -OCH3 is 1. The summed E-state index contributed by atoms with van der Waals surface area (Å²) >= 11 is 0. The van der Waals surface area contributed by atoms with E-state index in [4.69, 9.17) is 4.74 Å². The van der Waals surface area contributed by atoms with Crippen molar-refractivity contribution in [2.75, 3.05) is 13.7 Å². The highest BCUT2D eigenvalue weighted by Gasteiger charge is 2.24. The minimum absolute atomic E-state index is 0.0896. The second-order valence-corrected chi connectivity index (χ2v) is 3.96. The van der Waals surface area contributed by atoms with Crippen molar-refractivity contribution < 1.29 is 28.5 Å². The summed E-state index contributed by atoms with van der Waals surface area (Å²) in [5.74, 6) is -2.76. The summed E-state index contributed by atoms with van der Waals surface area (Å²) in [5, 5.41) is 21.8. The first-order valence-corrected chi connectivity index (χ1v) is 5.50. The molecule has 1 rings (SSSR count). The molecule has 0 spiro atoms. The molecule has 0 aromatic heterocycles. The highest BCUT2D eigenvalue weighted by atomic mass is 19.2. The summed E-state index contributed by atoms with van der Waals surface area (Å²) in [7, 11) is 1.23. The number of ether oxygens (including phenoxy) is 1. The SMILES string of the molecule is COc1cc(F)c(F)cc1C(O)C(O)CNC(C)=O. The molecule has 1 amide bonds. The zero-order chi connectivity index (χ0) is 14.6. The van der Waals surface area contributed by atoms with Gasteiger partial charge in [0.05, 0.1) is 7.11 Å². The van der Waals surface area contributed by atoms with E-state index in [1.807, 2.05) is 0 Å². The van der Waals surface area contributed by atoms with Crippen molar-refractivity contribution in [3.8, 4) is 5.75 Å². The van der Waals surface area contributed by atoms with Gasteiger partial charge < -0.3 is 20.3 Å². The van der Waals surface area contributed by atoms with Crippen LogP contribution in [-0.2, 0) is 4.79 Å². The van der Waals surface area contributed by atoms with E-state index < -0.39 is 23.8 Å². The molecule has 0 aliphatic rings. The molecule has 0 aliphatic heterocycles. The zero-order valence-electron chi connectivity index (χ0n) is 10.5. The molecule has 5 nitrogen and oxygen atoms in total. The maximum absolute atomic E-state index is 13.1. The van der Waals surface area contributed by atoms with Gasteiger partial charge in [0.15, 0.2) is 11.6 Å². The fourth-order valence-electron chi connectivity index (χ4n) is 1.52. The molecule has 1 aromatic carbocycles. The van der Waals surface area contributed by atoms with Gasteiger partial charge in [0.2, 0.25) is 5.91 Å². The molecular weight excluding hydrogens is 260 g/mol. The van der Waals surface area contributed by atoms with Crippen LogP contribution in [0.3, 0.4) is 0 Å². The van der Waals surface area contributed by atoms with Gasteiger partial charge in [-0.2, -0.15) is 0 Å². The van der Waals surface area contributed by atoms with Crippen LogP contribution in [0.5, 0.6) is 5.75 Å². The van der Waals surface area contributed by atoms with Gasteiger partial charge in [-0.25, -0.2) is 8.78 Å². The normalized spacial score (nSPS) is 13.8. The first-order chi connectivity index (χ1) is 8.86. The molecule has 0 saturated carbocycles. The maximum atomic E-state index is 13.1. The van der Waals surface area contributed by atoms with Crippen molar-refractivity contribution in [3.05, 3.63) is 29.3 Å². The van der Waals surface area contributed by atoms with E-state index in [-0.39, 0.29) is 23.8 Å². The number of halogens is 2. The number of amides is 1. The second-order valence-electron chi connectivity index (χ2n) is 3.96. The molecule has 0 aliphatic carbocycles. The number of nitrogens with one attached hydrogen (secondary N) is 1. The summed E-state index contributed by atoms with van der Waals surface area (Å²) in [4.78, 5) is 10.7. The van der Waals surface area contributed by atoms with Gasteiger partial charge in [0.25, 0.3) is 0 Å². The van der Waals surface area contributed by atoms with E-state index in [1.54, 1.807) is 0 Å². The molecule has 0 heterocycles. The first-order valence-electron chi connectivity index (χ1n) is 5.50. The Morgan fingerprint density at radius 2 is 1.95 bits per heavy atom. The summed E-state index contributed by atoms with van der Waals surface area (Å²) in [6.45, 7) is 1.02. The van der Waals surface area contributed by atoms with Crippen LogP contribution >= 0.6 is 0 Å². The minimum Gasteiger partial charge on any atom is -0.496 e. The van der Waals surface area contributed by atoms with Crippen molar-refractivity contribution in [2.24, 2.45) is 0 Å². The number of rotatable bonds is 5. The van der Waals surface area contributed by atoms with E-state index in [2.05, 4.69) is 5.32 Å². The maximum Gasteiger partial charge on any atom is 0.216 e. The first kappa shape index (κ1) is 15.3. The molecule has 19 heavy (non-hydrogen) atoms. The average Bonchev–Trinajstić information content (AvgIpc) is 2.37. The standard InChI is InChI=1S/C12H15F2NO4/c1-6(16)15-5-10(17)12(18)7-3-8(13)9(14)4-11(7)19-2/h3-4,10,12,17-18H,5H2,1-2H3,(H,15,16). The summed E-state index contributed by atoms with van der Waals surface area (Å²) in [6.07, 6.45) is -2.89. The van der Waals surface area contributed by atoms with Gasteiger partial charge in [-0.1, -0.05) is 0 Å². The fourth-order valence-corrected chi connectivity index (χ4v) is 1.52. The Labute approximate surface area is 108 Å². The van der Waals surface area contributed by atoms with Gasteiger partial charge in [0.1, 0.15) is 18.0 Å². The molecule has 0 saturated heterocycles. The second kappa shape index (κ2) is 6.44. The van der Waals surface area contributed by atoms with Crippen LogP contribution in [0, 0.1) is 11.6 Å². The molecule has 2 atom stereocenters. The topological polar surface area (TPSA) is 78.8 Å². The summed E-state index contributed by atoms with van der Waals surface area (Å²) in [6, 6.07) is 1.52. The molecule has 7 heteroatoms. The molecule has 0 bridgehead atoms. The van der Waals surface area contributed by atoms with Gasteiger partial charge in [-0.15, -0.1) is 0 Å². The minimum atomic E-state index is -1.52. The van der Waals surface area contributed by atoms with Crippen LogP contribution in [0.15, 0.2) is 12.1 Å².